The van der Waals surface area contributed by atoms with Gasteiger partial charge in [0.25, 0.3) is 11.8 Å². The normalized spacial score (nSPS) is 11.4. The van der Waals surface area contributed by atoms with Crippen LogP contribution in [0.15, 0.2) is 48.5 Å². The number of amides is 2. The average Bonchev–Trinajstić information content (AvgIpc) is 2.62. The summed E-state index contributed by atoms with van der Waals surface area (Å²) in [6.45, 7) is 1.68. The van der Waals surface area contributed by atoms with Gasteiger partial charge >= 0.3 is 0 Å². The summed E-state index contributed by atoms with van der Waals surface area (Å²) in [5.74, 6) is 0.122. The van der Waals surface area contributed by atoms with Crippen molar-refractivity contribution in [3.63, 3.8) is 0 Å². The molecule has 7 nitrogen and oxygen atoms in total. The van der Waals surface area contributed by atoms with Crippen molar-refractivity contribution in [3.8, 4) is 5.75 Å². The van der Waals surface area contributed by atoms with Crippen LogP contribution in [0.4, 0.5) is 11.4 Å². The number of hydrogen-bond acceptors (Lipinski definition) is 4. The number of carbonyl (C=O) groups excluding carboxylic acids is 3. The molecule has 0 aromatic heterocycles. The van der Waals surface area contributed by atoms with Gasteiger partial charge in [0.15, 0.2) is 18.9 Å². The molecular formula is C20H24N3O4+. The lowest BCUT2D eigenvalue weighted by atomic mass is 10.1. The third kappa shape index (κ3) is 6.23. The lowest BCUT2D eigenvalue weighted by Crippen LogP contribution is -3.11. The quantitative estimate of drug-likeness (QED) is 0.605. The molecule has 0 fully saturated rings. The maximum atomic E-state index is 12.2. The number of methoxy groups -OCH3 is 1. The minimum Gasteiger partial charge on any atom is -0.497 e. The van der Waals surface area contributed by atoms with Crippen LogP contribution in [-0.2, 0) is 9.59 Å². The molecule has 0 saturated heterocycles. The molecule has 0 spiro atoms. The van der Waals surface area contributed by atoms with E-state index < -0.39 is 0 Å². The molecule has 2 aromatic rings. The van der Waals surface area contributed by atoms with Gasteiger partial charge in [0.05, 0.1) is 19.8 Å². The summed E-state index contributed by atoms with van der Waals surface area (Å²) in [6, 6.07) is 13.8. The van der Waals surface area contributed by atoms with E-state index in [2.05, 4.69) is 10.6 Å². The average molecular weight is 370 g/mol. The van der Waals surface area contributed by atoms with Crippen LogP contribution in [0.1, 0.15) is 17.3 Å². The highest BCUT2D eigenvalue weighted by molar-refractivity contribution is 6.03. The summed E-state index contributed by atoms with van der Waals surface area (Å²) in [5.41, 5.74) is 1.60. The molecule has 2 aromatic carbocycles. The monoisotopic (exact) mass is 370 g/mol. The van der Waals surface area contributed by atoms with Crippen LogP contribution >= 0.6 is 0 Å². The lowest BCUT2D eigenvalue weighted by molar-refractivity contribution is -0.862. The van der Waals surface area contributed by atoms with Gasteiger partial charge in [-0.25, -0.2) is 0 Å². The fraction of sp³-hybridized carbons (Fsp3) is 0.250. The number of carbonyl (C=O) groups is 3. The highest BCUT2D eigenvalue weighted by Crippen LogP contribution is 2.15. The molecule has 0 aliphatic carbocycles. The van der Waals surface area contributed by atoms with Gasteiger partial charge < -0.3 is 20.3 Å². The molecule has 27 heavy (non-hydrogen) atoms. The van der Waals surface area contributed by atoms with Crippen molar-refractivity contribution >= 4 is 29.0 Å². The molecule has 0 bridgehead atoms. The summed E-state index contributed by atoms with van der Waals surface area (Å²) in [7, 11) is 3.33. The smallest absolute Gasteiger partial charge is 0.279 e. The Morgan fingerprint density at radius 1 is 0.926 bits per heavy atom. The van der Waals surface area contributed by atoms with Gasteiger partial charge in [0.2, 0.25) is 0 Å². The van der Waals surface area contributed by atoms with E-state index in [1.807, 2.05) is 0 Å². The van der Waals surface area contributed by atoms with Crippen LogP contribution < -0.4 is 20.3 Å². The second kappa shape index (κ2) is 9.49. The minimum atomic E-state index is -0.265. The first kappa shape index (κ1) is 20.1. The highest BCUT2D eigenvalue weighted by Gasteiger charge is 2.16. The van der Waals surface area contributed by atoms with E-state index in [9.17, 15) is 14.4 Å². The number of rotatable bonds is 8. The maximum absolute atomic E-state index is 12.2. The van der Waals surface area contributed by atoms with Crippen molar-refractivity contribution in [2.45, 2.75) is 6.92 Å². The van der Waals surface area contributed by atoms with Gasteiger partial charge in [-0.15, -0.1) is 0 Å². The number of Topliss-reactive ketones (excluding diaryl/α,β-unsaturated/α-hetero) is 1. The number of hydrogen-bond donors (Lipinski definition) is 3. The van der Waals surface area contributed by atoms with Crippen LogP contribution in [0.2, 0.25) is 0 Å². The Labute approximate surface area is 158 Å². The predicted octanol–water partition coefficient (Wildman–Crippen LogP) is 0.990. The largest absolute Gasteiger partial charge is 0.497 e. The highest BCUT2D eigenvalue weighted by atomic mass is 16.5. The summed E-state index contributed by atoms with van der Waals surface area (Å²) in [6.07, 6.45) is 0. The van der Waals surface area contributed by atoms with E-state index in [-0.39, 0.29) is 30.7 Å². The summed E-state index contributed by atoms with van der Waals surface area (Å²) in [5, 5.41) is 5.51. The van der Waals surface area contributed by atoms with E-state index in [0.717, 1.165) is 4.90 Å². The Morgan fingerprint density at radius 3 is 2.11 bits per heavy atom. The topological polar surface area (TPSA) is 88.9 Å². The Bertz CT molecular complexity index is 818. The molecule has 0 radical (unpaired) electrons. The van der Waals surface area contributed by atoms with Gasteiger partial charge in [0.1, 0.15) is 5.75 Å². The molecule has 1 atom stereocenters. The molecule has 2 rings (SSSR count). The summed E-state index contributed by atoms with van der Waals surface area (Å²) in [4.78, 5) is 36.7. The Balaban J connectivity index is 1.85. The molecule has 2 amide bonds. The Hall–Kier alpha value is -3.19. The molecule has 3 N–H and O–H groups in total. The van der Waals surface area contributed by atoms with Crippen molar-refractivity contribution in [2.75, 3.05) is 37.9 Å². The Morgan fingerprint density at radius 2 is 1.52 bits per heavy atom. The zero-order valence-corrected chi connectivity index (χ0v) is 15.7. The van der Waals surface area contributed by atoms with Gasteiger partial charge in [-0.3, -0.25) is 14.4 Å². The third-order valence-corrected chi connectivity index (χ3v) is 3.88. The van der Waals surface area contributed by atoms with Crippen molar-refractivity contribution in [2.24, 2.45) is 0 Å². The van der Waals surface area contributed by atoms with Crippen LogP contribution in [0.25, 0.3) is 0 Å². The minimum absolute atomic E-state index is 0.0995. The number of likely N-dealkylation sites (N-methyl/N-ethyl adjacent to an activating group) is 1. The molecular weight excluding hydrogens is 346 g/mol. The summed E-state index contributed by atoms with van der Waals surface area (Å²) >= 11 is 0. The first-order valence-electron chi connectivity index (χ1n) is 8.54. The fourth-order valence-electron chi connectivity index (χ4n) is 2.58. The molecule has 0 aliphatic rings. The number of benzene rings is 2. The van der Waals surface area contributed by atoms with Crippen LogP contribution in [0, 0.1) is 0 Å². The SMILES string of the molecule is COc1ccc(NC(=O)C[NH+](C)CC(=O)Nc2ccccc2C(C)=O)cc1. The number of quaternary nitrogens is 1. The molecule has 142 valence electrons. The lowest BCUT2D eigenvalue weighted by Gasteiger charge is -2.14. The maximum Gasteiger partial charge on any atom is 0.279 e. The second-order valence-electron chi connectivity index (χ2n) is 6.24. The molecule has 1 unspecified atom stereocenters. The predicted molar refractivity (Wildman–Crippen MR) is 103 cm³/mol. The van der Waals surface area contributed by atoms with Gasteiger partial charge in [-0.05, 0) is 43.3 Å². The third-order valence-electron chi connectivity index (χ3n) is 3.88. The number of anilines is 2. The van der Waals surface area contributed by atoms with Crippen molar-refractivity contribution in [1.29, 1.82) is 0 Å². The van der Waals surface area contributed by atoms with Crippen molar-refractivity contribution in [1.82, 2.24) is 0 Å². The van der Waals surface area contributed by atoms with E-state index >= 15 is 0 Å². The fourth-order valence-corrected chi connectivity index (χ4v) is 2.58. The van der Waals surface area contributed by atoms with Crippen LogP contribution in [0.5, 0.6) is 5.75 Å². The number of ether oxygens (including phenoxy) is 1. The van der Waals surface area contributed by atoms with Crippen molar-refractivity contribution in [3.05, 3.63) is 54.1 Å². The molecule has 0 saturated carbocycles. The number of ketones is 1. The van der Waals surface area contributed by atoms with Gasteiger partial charge in [-0.1, -0.05) is 12.1 Å². The van der Waals surface area contributed by atoms with Crippen LogP contribution in [0.3, 0.4) is 0 Å². The Kier molecular flexibility index (Phi) is 7.08. The van der Waals surface area contributed by atoms with Crippen molar-refractivity contribution < 1.29 is 24.0 Å². The number of para-hydroxylation sites is 1. The van der Waals surface area contributed by atoms with E-state index in [1.165, 1.54) is 6.92 Å². The summed E-state index contributed by atoms with van der Waals surface area (Å²) < 4.78 is 5.07. The number of nitrogens with one attached hydrogen (secondary N) is 3. The first-order valence-corrected chi connectivity index (χ1v) is 8.54. The molecule has 0 aliphatic heterocycles. The molecule has 7 heteroatoms. The van der Waals surface area contributed by atoms with Crippen LogP contribution in [-0.4, -0.2) is 44.8 Å². The van der Waals surface area contributed by atoms with Gasteiger partial charge in [-0.2, -0.15) is 0 Å². The second-order valence-corrected chi connectivity index (χ2v) is 6.24. The van der Waals surface area contributed by atoms with E-state index in [4.69, 9.17) is 4.74 Å². The van der Waals surface area contributed by atoms with E-state index in [1.54, 1.807) is 62.7 Å². The zero-order chi connectivity index (χ0) is 19.8. The molecule has 0 heterocycles. The van der Waals surface area contributed by atoms with Gasteiger partial charge in [0, 0.05) is 11.3 Å². The first-order chi connectivity index (χ1) is 12.9. The van der Waals surface area contributed by atoms with E-state index in [0.29, 0.717) is 22.7 Å². The zero-order valence-electron chi connectivity index (χ0n) is 15.7. The standard InChI is InChI=1S/C20H23N3O4/c1-14(24)17-6-4-5-7-18(17)22-20(26)13-23(2)12-19(25)21-15-8-10-16(27-3)11-9-15/h4-11H,12-13H2,1-3H3,(H,21,25)(H,22,26)/p+1.